The minimum Gasteiger partial charge on any atom is -0.474 e. The lowest BCUT2D eigenvalue weighted by Gasteiger charge is -2.32. The lowest BCUT2D eigenvalue weighted by Crippen LogP contribution is -2.42. The van der Waals surface area contributed by atoms with E-state index >= 15 is 0 Å². The molecule has 126 valence electrons. The minimum atomic E-state index is 0.102. The number of amides is 1. The van der Waals surface area contributed by atoms with Crippen LogP contribution in [0.25, 0.3) is 0 Å². The van der Waals surface area contributed by atoms with Crippen LogP contribution in [0.3, 0.4) is 0 Å². The summed E-state index contributed by atoms with van der Waals surface area (Å²) in [5, 5.41) is 0. The summed E-state index contributed by atoms with van der Waals surface area (Å²) in [4.78, 5) is 22.5. The van der Waals surface area contributed by atoms with E-state index in [4.69, 9.17) is 9.47 Å². The Hall–Kier alpha value is -1.85. The number of carbonyl (C=O) groups excluding carboxylic acids is 1. The van der Waals surface area contributed by atoms with Gasteiger partial charge in [-0.3, -0.25) is 4.79 Å². The van der Waals surface area contributed by atoms with E-state index in [0.717, 1.165) is 32.4 Å². The highest BCUT2D eigenvalue weighted by Gasteiger charge is 2.27. The number of nitrogens with zero attached hydrogens (tertiary/aromatic N) is 3. The molecule has 1 aromatic heterocycles. The fourth-order valence-electron chi connectivity index (χ4n) is 3.47. The number of rotatable bonds is 5. The van der Waals surface area contributed by atoms with Gasteiger partial charge in [0.05, 0.1) is 7.11 Å². The average molecular weight is 319 g/mol. The van der Waals surface area contributed by atoms with Crippen LogP contribution in [0.2, 0.25) is 0 Å². The molecule has 0 radical (unpaired) electrons. The molecule has 3 rings (SSSR count). The van der Waals surface area contributed by atoms with E-state index in [1.54, 1.807) is 12.3 Å². The van der Waals surface area contributed by atoms with Crippen molar-refractivity contribution in [2.24, 2.45) is 5.92 Å². The molecule has 0 spiro atoms. The van der Waals surface area contributed by atoms with Crippen molar-refractivity contribution >= 4 is 5.91 Å². The largest absolute Gasteiger partial charge is 0.474 e. The van der Waals surface area contributed by atoms with E-state index in [0.29, 0.717) is 23.7 Å². The zero-order chi connectivity index (χ0) is 16.1. The molecule has 2 fully saturated rings. The zero-order valence-corrected chi connectivity index (χ0v) is 13.7. The first kappa shape index (κ1) is 16.0. The average Bonchev–Trinajstić information content (AvgIpc) is 3.08. The normalized spacial score (nSPS) is 19.8. The van der Waals surface area contributed by atoms with E-state index in [-0.39, 0.29) is 6.10 Å². The molecular weight excluding hydrogens is 294 g/mol. The molecule has 0 N–H and O–H groups in total. The van der Waals surface area contributed by atoms with Gasteiger partial charge in [0.15, 0.2) is 0 Å². The zero-order valence-electron chi connectivity index (χ0n) is 13.7. The third kappa shape index (κ3) is 4.33. The Morgan fingerprint density at radius 3 is 2.70 bits per heavy atom. The third-order valence-electron chi connectivity index (χ3n) is 4.81. The van der Waals surface area contributed by atoms with Crippen molar-refractivity contribution in [1.82, 2.24) is 14.9 Å². The van der Waals surface area contributed by atoms with Crippen LogP contribution >= 0.6 is 0 Å². The highest BCUT2D eigenvalue weighted by atomic mass is 16.5. The van der Waals surface area contributed by atoms with Crippen LogP contribution in [0.4, 0.5) is 0 Å². The number of ether oxygens (including phenoxy) is 2. The summed E-state index contributed by atoms with van der Waals surface area (Å²) < 4.78 is 10.9. The summed E-state index contributed by atoms with van der Waals surface area (Å²) in [7, 11) is 1.54. The van der Waals surface area contributed by atoms with Gasteiger partial charge in [-0.25, -0.2) is 4.98 Å². The summed E-state index contributed by atoms with van der Waals surface area (Å²) in [6.45, 7) is 1.55. The van der Waals surface area contributed by atoms with E-state index in [1.165, 1.54) is 32.8 Å². The molecule has 1 saturated heterocycles. The van der Waals surface area contributed by atoms with E-state index in [1.807, 2.05) is 4.90 Å². The van der Waals surface area contributed by atoms with Gasteiger partial charge in [-0.2, -0.15) is 4.98 Å². The highest BCUT2D eigenvalue weighted by molar-refractivity contribution is 5.76. The second-order valence-corrected chi connectivity index (χ2v) is 6.43. The first-order valence-corrected chi connectivity index (χ1v) is 8.56. The van der Waals surface area contributed by atoms with E-state index in [2.05, 4.69) is 9.97 Å². The smallest absolute Gasteiger partial charge is 0.319 e. The number of carbonyl (C=O) groups is 1. The maximum absolute atomic E-state index is 12.4. The fraction of sp³-hybridized carbons (Fsp3) is 0.706. The Bertz CT molecular complexity index is 524. The lowest BCUT2D eigenvalue weighted by molar-refractivity contribution is -0.134. The first-order chi connectivity index (χ1) is 11.2. The SMILES string of the molecule is COc1nccc(OC2CCN(C(=O)CC3CCCC3)CC2)n1. The summed E-state index contributed by atoms with van der Waals surface area (Å²) in [5.74, 6) is 1.47. The molecule has 2 heterocycles. The van der Waals surface area contributed by atoms with Gasteiger partial charge in [-0.05, 0) is 18.8 Å². The number of likely N-dealkylation sites (tertiary alicyclic amines) is 1. The van der Waals surface area contributed by atoms with Gasteiger partial charge in [0.2, 0.25) is 11.8 Å². The van der Waals surface area contributed by atoms with Crippen molar-refractivity contribution < 1.29 is 14.3 Å². The van der Waals surface area contributed by atoms with Crippen LogP contribution < -0.4 is 9.47 Å². The van der Waals surface area contributed by atoms with E-state index < -0.39 is 0 Å². The van der Waals surface area contributed by atoms with Crippen LogP contribution in [0.5, 0.6) is 11.9 Å². The molecule has 1 aliphatic carbocycles. The van der Waals surface area contributed by atoms with Crippen LogP contribution in [0.15, 0.2) is 12.3 Å². The van der Waals surface area contributed by atoms with Crippen LogP contribution in [-0.2, 0) is 4.79 Å². The molecule has 6 nitrogen and oxygen atoms in total. The molecule has 2 aliphatic rings. The second kappa shape index (κ2) is 7.62. The minimum absolute atomic E-state index is 0.102. The summed E-state index contributed by atoms with van der Waals surface area (Å²) in [6, 6.07) is 2.05. The highest BCUT2D eigenvalue weighted by Crippen LogP contribution is 2.28. The summed E-state index contributed by atoms with van der Waals surface area (Å²) in [5.41, 5.74) is 0. The summed E-state index contributed by atoms with van der Waals surface area (Å²) in [6.07, 6.45) is 9.18. The monoisotopic (exact) mass is 319 g/mol. The van der Waals surface area contributed by atoms with Gasteiger partial charge >= 0.3 is 6.01 Å². The van der Waals surface area contributed by atoms with Gasteiger partial charge in [0.25, 0.3) is 0 Å². The van der Waals surface area contributed by atoms with Gasteiger partial charge < -0.3 is 14.4 Å². The quantitative estimate of drug-likeness (QED) is 0.834. The standard InChI is InChI=1S/C17H25N3O3/c1-22-17-18-9-6-15(19-17)23-14-7-10-20(11-8-14)16(21)12-13-4-2-3-5-13/h6,9,13-14H,2-5,7-8,10-12H2,1H3. The fourth-order valence-corrected chi connectivity index (χ4v) is 3.47. The maximum Gasteiger partial charge on any atom is 0.319 e. The Labute approximate surface area is 137 Å². The molecule has 1 amide bonds. The van der Waals surface area contributed by atoms with Crippen molar-refractivity contribution in [3.8, 4) is 11.9 Å². The van der Waals surface area contributed by atoms with E-state index in [9.17, 15) is 4.79 Å². The molecular formula is C17H25N3O3. The molecule has 0 bridgehead atoms. The topological polar surface area (TPSA) is 64.6 Å². The molecule has 1 aliphatic heterocycles. The third-order valence-corrected chi connectivity index (χ3v) is 4.81. The Morgan fingerprint density at radius 2 is 2.00 bits per heavy atom. The Balaban J connectivity index is 1.45. The molecule has 6 heteroatoms. The van der Waals surface area contributed by atoms with Crippen molar-refractivity contribution in [1.29, 1.82) is 0 Å². The number of piperidine rings is 1. The molecule has 0 atom stereocenters. The first-order valence-electron chi connectivity index (χ1n) is 8.56. The summed E-state index contributed by atoms with van der Waals surface area (Å²) >= 11 is 0. The molecule has 1 saturated carbocycles. The van der Waals surface area contributed by atoms with Gasteiger partial charge in [0.1, 0.15) is 6.10 Å². The van der Waals surface area contributed by atoms with Gasteiger partial charge in [-0.1, -0.05) is 12.8 Å². The van der Waals surface area contributed by atoms with Crippen LogP contribution in [0, 0.1) is 5.92 Å². The van der Waals surface area contributed by atoms with Gasteiger partial charge in [-0.15, -0.1) is 0 Å². The van der Waals surface area contributed by atoms with Crippen LogP contribution in [-0.4, -0.2) is 47.1 Å². The van der Waals surface area contributed by atoms with Crippen molar-refractivity contribution in [3.05, 3.63) is 12.3 Å². The second-order valence-electron chi connectivity index (χ2n) is 6.43. The Kier molecular flexibility index (Phi) is 5.31. The molecule has 0 aromatic carbocycles. The molecule has 0 unspecified atom stereocenters. The Morgan fingerprint density at radius 1 is 1.26 bits per heavy atom. The predicted octanol–water partition coefficient (Wildman–Crippen LogP) is 2.44. The van der Waals surface area contributed by atoms with Gasteiger partial charge in [0, 0.05) is 44.6 Å². The van der Waals surface area contributed by atoms with Crippen molar-refractivity contribution in [2.75, 3.05) is 20.2 Å². The predicted molar refractivity (Wildman–Crippen MR) is 85.4 cm³/mol. The molecule has 1 aromatic rings. The van der Waals surface area contributed by atoms with Crippen LogP contribution in [0.1, 0.15) is 44.9 Å². The molecule has 23 heavy (non-hydrogen) atoms. The number of hydrogen-bond donors (Lipinski definition) is 0. The maximum atomic E-state index is 12.4. The lowest BCUT2D eigenvalue weighted by atomic mass is 10.0. The number of methoxy groups -OCH3 is 1. The number of hydrogen-bond acceptors (Lipinski definition) is 5. The number of aromatic nitrogens is 2. The van der Waals surface area contributed by atoms with Crippen molar-refractivity contribution in [2.45, 2.75) is 51.0 Å². The van der Waals surface area contributed by atoms with Crippen molar-refractivity contribution in [3.63, 3.8) is 0 Å².